The van der Waals surface area contributed by atoms with Crippen molar-refractivity contribution in [1.82, 2.24) is 0 Å². The Hall–Kier alpha value is -3.14. The van der Waals surface area contributed by atoms with Crippen molar-refractivity contribution in [1.29, 1.82) is 0 Å². The Morgan fingerprint density at radius 1 is 0.902 bits per heavy atom. The molecule has 0 spiro atoms. The number of nitrogens with one attached hydrogen (secondary N) is 1. The maximum absolute atomic E-state index is 5.96. The van der Waals surface area contributed by atoms with E-state index in [1.165, 1.54) is 33.7 Å². The van der Waals surface area contributed by atoms with Crippen molar-refractivity contribution in [2.24, 2.45) is 0 Å². The average molecular weight is 583 g/mol. The molecule has 0 atom stereocenters. The molecule has 0 unspecified atom stereocenters. The highest BCUT2D eigenvalue weighted by molar-refractivity contribution is 7.84. The largest absolute Gasteiger partial charge is 0.347 e. The van der Waals surface area contributed by atoms with Crippen molar-refractivity contribution in [3.63, 3.8) is 0 Å². The molecule has 0 radical (unpaired) electrons. The summed E-state index contributed by atoms with van der Waals surface area (Å²) in [6.45, 7) is 9.14. The molecule has 1 N–H and O–H groups in total. The zero-order chi connectivity index (χ0) is 29.5. The van der Waals surface area contributed by atoms with E-state index in [1.54, 1.807) is 0 Å². The van der Waals surface area contributed by atoms with Gasteiger partial charge in [0.2, 0.25) is 0 Å². The van der Waals surface area contributed by atoms with E-state index in [0.29, 0.717) is 0 Å². The third kappa shape index (κ3) is 7.20. The van der Waals surface area contributed by atoms with Gasteiger partial charge in [0.25, 0.3) is 0 Å². The first-order valence-electron chi connectivity index (χ1n) is 14.5. The van der Waals surface area contributed by atoms with E-state index in [0.717, 1.165) is 36.3 Å². The van der Waals surface area contributed by atoms with Crippen LogP contribution in [0.25, 0.3) is 0 Å². The number of likely N-dealkylation sites (N-methyl/N-ethyl adjacent to an activating group) is 1. The summed E-state index contributed by atoms with van der Waals surface area (Å²) in [4.78, 5) is 6.27. The van der Waals surface area contributed by atoms with E-state index in [9.17, 15) is 0 Å². The van der Waals surface area contributed by atoms with Gasteiger partial charge >= 0.3 is 0 Å². The number of hydrogen-bond donors (Lipinski definition) is 2. The molecule has 0 amide bonds. The summed E-state index contributed by atoms with van der Waals surface area (Å²) in [7, 11) is 2.17. The van der Waals surface area contributed by atoms with Gasteiger partial charge in [0, 0.05) is 40.5 Å². The predicted octanol–water partition coefficient (Wildman–Crippen LogP) is 10.8. The van der Waals surface area contributed by atoms with Gasteiger partial charge in [0.05, 0.1) is 5.69 Å². The van der Waals surface area contributed by atoms with Gasteiger partial charge in [-0.15, -0.1) is 12.6 Å². The lowest BCUT2D eigenvalue weighted by molar-refractivity contribution is 0.536. The van der Waals surface area contributed by atoms with E-state index < -0.39 is 0 Å². The van der Waals surface area contributed by atoms with Crippen LogP contribution in [0.1, 0.15) is 64.5 Å². The summed E-state index contributed by atoms with van der Waals surface area (Å²) in [5, 5.41) is 0. The minimum atomic E-state index is -0.0301. The van der Waals surface area contributed by atoms with Gasteiger partial charge in [0.15, 0.2) is 0 Å². The van der Waals surface area contributed by atoms with E-state index in [2.05, 4.69) is 105 Å². The minimum absolute atomic E-state index is 0.0138. The van der Waals surface area contributed by atoms with Gasteiger partial charge in [-0.1, -0.05) is 119 Å². The Morgan fingerprint density at radius 2 is 1.54 bits per heavy atom. The first-order valence-corrected chi connectivity index (χ1v) is 15.3. The molecule has 41 heavy (non-hydrogen) atoms. The lowest BCUT2D eigenvalue weighted by atomic mass is 9.80. The Labute approximate surface area is 258 Å². The number of nitrogens with zero attached hydrogens (tertiary/aromatic N) is 1. The first-order chi connectivity index (χ1) is 19.7. The summed E-state index contributed by atoms with van der Waals surface area (Å²) in [5.74, 6) is 0. The highest BCUT2D eigenvalue weighted by atomic mass is 35.5. The number of thiol groups is 1. The smallest absolute Gasteiger partial charge is 0.0529 e. The van der Waals surface area contributed by atoms with Crippen molar-refractivity contribution in [2.45, 2.75) is 64.2 Å². The fraction of sp³-hybridized carbons (Fsp3) is 0.297. The molecular weight excluding hydrogens is 540 g/mol. The molecule has 214 valence electrons. The first kappa shape index (κ1) is 30.8. The van der Waals surface area contributed by atoms with E-state index in [1.807, 2.05) is 48.5 Å². The third-order valence-corrected chi connectivity index (χ3v) is 9.03. The quantitative estimate of drug-likeness (QED) is 0.222. The number of hydrogen-bond acceptors (Lipinski definition) is 3. The number of rotatable bonds is 6. The van der Waals surface area contributed by atoms with Crippen LogP contribution in [0.5, 0.6) is 0 Å². The standard InChI is InChI=1S/C31H37ClN2S.C6H6/c1-30(2,24-15-6-8-17-26(24)33-32)21-11-14-22-12-10-13-23(29(22)35)19-20-28-31(3,4)25-16-7-9-18-27(25)34(28)5;1-2-4-6-5-3-1/h6-9,11,14-20,33,35H,10,12-13,21H2,1-5H3;1-6H/b14-11+,23-19+,28-20+;. The van der Waals surface area contributed by atoms with Crippen LogP contribution in [0.2, 0.25) is 0 Å². The fourth-order valence-corrected chi connectivity index (χ4v) is 6.40. The van der Waals surface area contributed by atoms with Crippen LogP contribution >= 0.6 is 24.4 Å². The molecule has 1 heterocycles. The number of para-hydroxylation sites is 2. The van der Waals surface area contributed by atoms with Crippen LogP contribution in [0.4, 0.5) is 11.4 Å². The maximum Gasteiger partial charge on any atom is 0.0529 e. The maximum atomic E-state index is 5.96. The number of anilines is 2. The van der Waals surface area contributed by atoms with Crippen LogP contribution in [-0.2, 0) is 10.8 Å². The second-order valence-electron chi connectivity index (χ2n) is 12.0. The van der Waals surface area contributed by atoms with Gasteiger partial charge < -0.3 is 4.90 Å². The lowest BCUT2D eigenvalue weighted by Gasteiger charge is -2.26. The van der Waals surface area contributed by atoms with Crippen LogP contribution in [0, 0.1) is 0 Å². The van der Waals surface area contributed by atoms with Crippen LogP contribution in [0.15, 0.2) is 131 Å². The molecule has 0 fully saturated rings. The monoisotopic (exact) mass is 582 g/mol. The average Bonchev–Trinajstić information content (AvgIpc) is 3.18. The lowest BCUT2D eigenvalue weighted by Crippen LogP contribution is -2.22. The Balaban J connectivity index is 0.000000572. The van der Waals surface area contributed by atoms with E-state index >= 15 is 0 Å². The molecule has 0 aromatic heterocycles. The summed E-state index contributed by atoms with van der Waals surface area (Å²) in [6, 6.07) is 29.0. The fourth-order valence-electron chi connectivity index (χ4n) is 5.86. The van der Waals surface area contributed by atoms with E-state index in [4.69, 9.17) is 24.4 Å². The van der Waals surface area contributed by atoms with Crippen LogP contribution in [0.3, 0.4) is 0 Å². The number of fused-ring (bicyclic) bond motifs is 1. The number of allylic oxidation sites excluding steroid dienone is 7. The summed E-state index contributed by atoms with van der Waals surface area (Å²) in [5.41, 5.74) is 8.80. The zero-order valence-electron chi connectivity index (χ0n) is 25.0. The molecule has 4 heteroatoms. The van der Waals surface area contributed by atoms with Crippen molar-refractivity contribution in [2.75, 3.05) is 16.8 Å². The topological polar surface area (TPSA) is 15.3 Å². The van der Waals surface area contributed by atoms with Crippen molar-refractivity contribution >= 4 is 35.8 Å². The molecule has 1 aliphatic heterocycles. The molecule has 0 saturated carbocycles. The van der Waals surface area contributed by atoms with Crippen molar-refractivity contribution < 1.29 is 0 Å². The van der Waals surface area contributed by atoms with Crippen LogP contribution < -0.4 is 9.74 Å². The minimum Gasteiger partial charge on any atom is -0.347 e. The SMILES string of the molecule is CN1/C(=C/C=C2\CCCC(/C=C/CC(C)(C)c3ccccc3NCl)=C2S)C(C)(C)c2ccccc21.c1ccccc1. The highest BCUT2D eigenvalue weighted by Crippen LogP contribution is 2.47. The van der Waals surface area contributed by atoms with Crippen molar-refractivity contribution in [3.8, 4) is 0 Å². The van der Waals surface area contributed by atoms with Gasteiger partial charge in [-0.25, -0.2) is 0 Å². The van der Waals surface area contributed by atoms with Gasteiger partial charge in [0.1, 0.15) is 0 Å². The third-order valence-electron chi connectivity index (χ3n) is 8.26. The second kappa shape index (κ2) is 13.7. The Kier molecular flexibility index (Phi) is 10.3. The molecule has 2 nitrogen and oxygen atoms in total. The molecule has 0 bridgehead atoms. The molecule has 2 aliphatic rings. The summed E-state index contributed by atoms with van der Waals surface area (Å²) >= 11 is 10.9. The summed E-state index contributed by atoms with van der Waals surface area (Å²) < 4.78 is 0. The van der Waals surface area contributed by atoms with Gasteiger partial charge in [-0.3, -0.25) is 4.84 Å². The number of benzene rings is 3. The highest BCUT2D eigenvalue weighted by Gasteiger charge is 2.37. The molecule has 1 aliphatic carbocycles. The van der Waals surface area contributed by atoms with Crippen molar-refractivity contribution in [3.05, 3.63) is 142 Å². The normalized spacial score (nSPS) is 18.5. The summed E-state index contributed by atoms with van der Waals surface area (Å²) in [6.07, 6.45) is 13.4. The molecular formula is C37H43ClN2S. The second-order valence-corrected chi connectivity index (χ2v) is 12.6. The molecule has 3 aromatic rings. The number of halogens is 1. The van der Waals surface area contributed by atoms with Crippen LogP contribution in [-0.4, -0.2) is 7.05 Å². The zero-order valence-corrected chi connectivity index (χ0v) is 26.6. The van der Waals surface area contributed by atoms with Gasteiger partial charge in [-0.05, 0) is 71.6 Å². The molecule has 0 saturated heterocycles. The Morgan fingerprint density at radius 3 is 2.20 bits per heavy atom. The van der Waals surface area contributed by atoms with E-state index in [-0.39, 0.29) is 10.8 Å². The van der Waals surface area contributed by atoms with Gasteiger partial charge in [-0.2, -0.15) is 0 Å². The predicted molar refractivity (Wildman–Crippen MR) is 183 cm³/mol. The molecule has 5 rings (SSSR count). The molecule has 3 aromatic carbocycles. The Bertz CT molecular complexity index is 1420.